The first kappa shape index (κ1) is 20.5. The Hall–Kier alpha value is -3.81. The lowest BCUT2D eigenvalue weighted by atomic mass is 10.0. The molecule has 1 aromatic carbocycles. The van der Waals surface area contributed by atoms with Gasteiger partial charge in [-0.3, -0.25) is 19.4 Å². The largest absolute Gasteiger partial charge is 0.495 e. The summed E-state index contributed by atoms with van der Waals surface area (Å²) < 4.78 is 7.37. The second-order valence-electron chi connectivity index (χ2n) is 7.34. The second-order valence-corrected chi connectivity index (χ2v) is 7.34. The summed E-state index contributed by atoms with van der Waals surface area (Å²) in [6.45, 7) is 5.70. The van der Waals surface area contributed by atoms with E-state index in [1.807, 2.05) is 43.8 Å². The molecule has 8 heteroatoms. The van der Waals surface area contributed by atoms with Crippen LogP contribution in [-0.4, -0.2) is 37.7 Å². The van der Waals surface area contributed by atoms with E-state index < -0.39 is 0 Å². The van der Waals surface area contributed by atoms with Gasteiger partial charge in [-0.25, -0.2) is 4.98 Å². The molecular formula is C23H24N6O2. The molecule has 0 saturated carbocycles. The Bertz CT molecular complexity index is 1280. The van der Waals surface area contributed by atoms with E-state index in [-0.39, 0.29) is 5.91 Å². The van der Waals surface area contributed by atoms with Gasteiger partial charge in [0.1, 0.15) is 5.75 Å². The number of amides is 1. The molecule has 0 radical (unpaired) electrons. The molecule has 1 amide bonds. The molecule has 31 heavy (non-hydrogen) atoms. The first-order valence-electron chi connectivity index (χ1n) is 10.0. The number of methoxy groups -OCH3 is 1. The summed E-state index contributed by atoms with van der Waals surface area (Å²) in [6, 6.07) is 5.71. The number of hydrogen-bond donors (Lipinski definition) is 1. The zero-order chi connectivity index (χ0) is 22.1. The van der Waals surface area contributed by atoms with E-state index in [1.54, 1.807) is 32.6 Å². The van der Waals surface area contributed by atoms with Crippen molar-refractivity contribution in [1.29, 1.82) is 0 Å². The van der Waals surface area contributed by atoms with Crippen LogP contribution in [0.25, 0.3) is 33.4 Å². The van der Waals surface area contributed by atoms with Gasteiger partial charge in [0.2, 0.25) is 5.91 Å². The maximum absolute atomic E-state index is 12.0. The lowest BCUT2D eigenvalue weighted by Gasteiger charge is -2.14. The van der Waals surface area contributed by atoms with Crippen LogP contribution in [0.2, 0.25) is 0 Å². The van der Waals surface area contributed by atoms with Gasteiger partial charge in [0.15, 0.2) is 0 Å². The third-order valence-corrected chi connectivity index (χ3v) is 5.29. The lowest BCUT2D eigenvalue weighted by Crippen LogP contribution is -2.10. The molecule has 3 aromatic heterocycles. The normalized spacial score (nSPS) is 11.0. The van der Waals surface area contributed by atoms with Gasteiger partial charge in [-0.2, -0.15) is 5.10 Å². The molecular weight excluding hydrogens is 392 g/mol. The van der Waals surface area contributed by atoms with Crippen molar-refractivity contribution in [3.8, 4) is 28.3 Å². The van der Waals surface area contributed by atoms with E-state index in [2.05, 4.69) is 20.4 Å². The molecule has 4 aromatic rings. The van der Waals surface area contributed by atoms with Crippen molar-refractivity contribution in [2.45, 2.75) is 27.2 Å². The summed E-state index contributed by atoms with van der Waals surface area (Å²) in [7, 11) is 3.48. The van der Waals surface area contributed by atoms with E-state index >= 15 is 0 Å². The number of benzene rings is 1. The number of nitrogens with one attached hydrogen (secondary N) is 1. The van der Waals surface area contributed by atoms with Crippen LogP contribution in [0, 0.1) is 13.8 Å². The highest BCUT2D eigenvalue weighted by Crippen LogP contribution is 2.37. The van der Waals surface area contributed by atoms with Crippen molar-refractivity contribution in [1.82, 2.24) is 24.7 Å². The molecule has 0 spiro atoms. The molecule has 0 aliphatic rings. The lowest BCUT2D eigenvalue weighted by molar-refractivity contribution is -0.115. The van der Waals surface area contributed by atoms with Crippen LogP contribution < -0.4 is 10.1 Å². The second kappa shape index (κ2) is 8.14. The number of hydrogen-bond acceptors (Lipinski definition) is 6. The number of rotatable bonds is 5. The number of pyridine rings is 1. The van der Waals surface area contributed by atoms with Crippen LogP contribution in [0.4, 0.5) is 5.69 Å². The predicted octanol–water partition coefficient (Wildman–Crippen LogP) is 4.07. The molecule has 8 nitrogen and oxygen atoms in total. The zero-order valence-corrected chi connectivity index (χ0v) is 18.2. The minimum atomic E-state index is -0.0958. The number of ether oxygens (including phenoxy) is 1. The first-order chi connectivity index (χ1) is 14.9. The van der Waals surface area contributed by atoms with Gasteiger partial charge in [0, 0.05) is 41.9 Å². The maximum Gasteiger partial charge on any atom is 0.224 e. The smallest absolute Gasteiger partial charge is 0.224 e. The van der Waals surface area contributed by atoms with E-state index in [4.69, 9.17) is 9.72 Å². The molecule has 0 atom stereocenters. The molecule has 1 N–H and O–H groups in total. The van der Waals surface area contributed by atoms with Crippen molar-refractivity contribution >= 4 is 22.5 Å². The zero-order valence-electron chi connectivity index (χ0n) is 18.2. The Labute approximate surface area is 180 Å². The van der Waals surface area contributed by atoms with Crippen LogP contribution >= 0.6 is 0 Å². The van der Waals surface area contributed by atoms with Crippen LogP contribution in [-0.2, 0) is 11.8 Å². The summed E-state index contributed by atoms with van der Waals surface area (Å²) in [4.78, 5) is 25.9. The van der Waals surface area contributed by atoms with Crippen molar-refractivity contribution < 1.29 is 9.53 Å². The number of fused-ring (bicyclic) bond motifs is 1. The first-order valence-corrected chi connectivity index (χ1v) is 10.0. The Kier molecular flexibility index (Phi) is 5.37. The van der Waals surface area contributed by atoms with Crippen molar-refractivity contribution in [3.05, 3.63) is 48.2 Å². The van der Waals surface area contributed by atoms with Gasteiger partial charge in [0.05, 0.1) is 47.8 Å². The van der Waals surface area contributed by atoms with E-state index in [1.165, 1.54) is 0 Å². The van der Waals surface area contributed by atoms with E-state index in [0.29, 0.717) is 23.4 Å². The molecule has 158 valence electrons. The van der Waals surface area contributed by atoms with Crippen LogP contribution in [0.1, 0.15) is 24.7 Å². The Balaban J connectivity index is 2.01. The fourth-order valence-electron chi connectivity index (χ4n) is 3.39. The quantitative estimate of drug-likeness (QED) is 0.527. The highest BCUT2D eigenvalue weighted by molar-refractivity contribution is 6.01. The van der Waals surface area contributed by atoms with Crippen molar-refractivity contribution in [2.24, 2.45) is 7.05 Å². The average Bonchev–Trinajstić information content (AvgIpc) is 3.11. The number of carbonyl (C=O) groups is 1. The highest BCUT2D eigenvalue weighted by Gasteiger charge is 2.17. The van der Waals surface area contributed by atoms with Gasteiger partial charge < -0.3 is 10.1 Å². The summed E-state index contributed by atoms with van der Waals surface area (Å²) in [6.07, 6.45) is 5.66. The minimum absolute atomic E-state index is 0.0958. The number of carbonyl (C=O) groups excluding carboxylic acids is 1. The number of anilines is 1. The molecule has 4 rings (SSSR count). The summed E-state index contributed by atoms with van der Waals surface area (Å²) in [5, 5.41) is 8.11. The van der Waals surface area contributed by atoms with Gasteiger partial charge in [-0.15, -0.1) is 0 Å². The fourth-order valence-corrected chi connectivity index (χ4v) is 3.39. The minimum Gasteiger partial charge on any atom is -0.495 e. The van der Waals surface area contributed by atoms with Crippen LogP contribution in [0.5, 0.6) is 5.75 Å². The maximum atomic E-state index is 12.0. The standard InChI is InChI=1S/C23H24N6O2/c1-6-23(30)28-20-9-19-16(8-22(20)31-5)15(21-12-24-13(2)10-25-21)7-18(27-19)17-11-26-29(4)14(17)3/h7-12H,6H2,1-5H3,(H,28,30). The Morgan fingerprint density at radius 3 is 2.48 bits per heavy atom. The Morgan fingerprint density at radius 1 is 1.06 bits per heavy atom. The monoisotopic (exact) mass is 416 g/mol. The highest BCUT2D eigenvalue weighted by atomic mass is 16.5. The molecule has 0 aliphatic carbocycles. The van der Waals surface area contributed by atoms with Crippen molar-refractivity contribution in [3.63, 3.8) is 0 Å². The average molecular weight is 416 g/mol. The van der Waals surface area contributed by atoms with E-state index in [0.717, 1.165) is 39.3 Å². The van der Waals surface area contributed by atoms with Crippen LogP contribution in [0.15, 0.2) is 36.8 Å². The number of aryl methyl sites for hydroxylation is 2. The third-order valence-electron chi connectivity index (χ3n) is 5.29. The molecule has 0 fully saturated rings. The molecule has 0 saturated heterocycles. The molecule has 0 bridgehead atoms. The summed E-state index contributed by atoms with van der Waals surface area (Å²) in [5.41, 5.74) is 6.44. The van der Waals surface area contributed by atoms with Gasteiger partial charge >= 0.3 is 0 Å². The molecule has 0 unspecified atom stereocenters. The predicted molar refractivity (Wildman–Crippen MR) is 120 cm³/mol. The number of nitrogens with zero attached hydrogens (tertiary/aromatic N) is 5. The van der Waals surface area contributed by atoms with Crippen molar-refractivity contribution in [2.75, 3.05) is 12.4 Å². The molecule has 3 heterocycles. The van der Waals surface area contributed by atoms with E-state index in [9.17, 15) is 4.79 Å². The van der Waals surface area contributed by atoms with Gasteiger partial charge in [-0.1, -0.05) is 6.92 Å². The Morgan fingerprint density at radius 2 is 1.87 bits per heavy atom. The number of aromatic nitrogens is 5. The topological polar surface area (TPSA) is 94.8 Å². The third kappa shape index (κ3) is 3.84. The van der Waals surface area contributed by atoms with Gasteiger partial charge in [0.25, 0.3) is 0 Å². The van der Waals surface area contributed by atoms with Gasteiger partial charge in [-0.05, 0) is 32.0 Å². The summed E-state index contributed by atoms with van der Waals surface area (Å²) in [5.74, 6) is 0.462. The summed E-state index contributed by atoms with van der Waals surface area (Å²) >= 11 is 0. The molecule has 0 aliphatic heterocycles. The SMILES string of the molecule is CCC(=O)Nc1cc2nc(-c3cnn(C)c3C)cc(-c3cnc(C)cn3)c2cc1OC. The van der Waals surface area contributed by atoms with Crippen LogP contribution in [0.3, 0.4) is 0 Å². The fraction of sp³-hybridized carbons (Fsp3) is 0.261.